The lowest BCUT2D eigenvalue weighted by Gasteiger charge is -2.32. The van der Waals surface area contributed by atoms with Gasteiger partial charge in [0.25, 0.3) is 5.76 Å². The Kier molecular flexibility index (Phi) is 6.87. The van der Waals surface area contributed by atoms with E-state index in [4.69, 9.17) is 9.15 Å². The maximum Gasteiger partial charge on any atom is 0.284 e. The Balaban J connectivity index is 1.43. The van der Waals surface area contributed by atoms with Crippen LogP contribution in [0.5, 0.6) is 0 Å². The van der Waals surface area contributed by atoms with Gasteiger partial charge >= 0.3 is 0 Å². The molecule has 2 aromatic rings. The van der Waals surface area contributed by atoms with Gasteiger partial charge in [0.15, 0.2) is 0 Å². The molecule has 1 unspecified atom stereocenters. The van der Waals surface area contributed by atoms with Crippen molar-refractivity contribution in [2.24, 2.45) is 0 Å². The number of anilines is 1. The van der Waals surface area contributed by atoms with Crippen LogP contribution in [0.15, 0.2) is 34.9 Å². The van der Waals surface area contributed by atoms with Crippen LogP contribution in [0.1, 0.15) is 24.0 Å². The highest BCUT2D eigenvalue weighted by Crippen LogP contribution is 2.21. The predicted octanol–water partition coefficient (Wildman–Crippen LogP) is 3.65. The first kappa shape index (κ1) is 19.1. The van der Waals surface area contributed by atoms with Gasteiger partial charge in [-0.3, -0.25) is 0 Å². The third kappa shape index (κ3) is 5.69. The number of hydrogen-bond donors (Lipinski definition) is 1. The van der Waals surface area contributed by atoms with E-state index in [-0.39, 0.29) is 11.9 Å². The van der Waals surface area contributed by atoms with Crippen molar-refractivity contribution in [3.05, 3.63) is 47.5 Å². The highest BCUT2D eigenvalue weighted by atomic mass is 32.2. The van der Waals surface area contributed by atoms with Crippen LogP contribution in [-0.2, 0) is 23.6 Å². The van der Waals surface area contributed by atoms with E-state index in [0.29, 0.717) is 30.6 Å². The standard InChI is InChI=1S/C18H23F2N3O2S/c1-13-11-23(6-7-24-13)17-5-2-14(9-22-17)8-21-10-15-3-4-16(25-15)12-26-18(19)20/h2-5,9,13,18,21H,6-8,10-12H2,1H3. The molecule has 1 N–H and O–H groups in total. The number of thioether (sulfide) groups is 1. The number of ether oxygens (including phenoxy) is 1. The fourth-order valence-corrected chi connectivity index (χ4v) is 3.25. The summed E-state index contributed by atoms with van der Waals surface area (Å²) in [6.07, 6.45) is 2.10. The average Bonchev–Trinajstić information content (AvgIpc) is 3.08. The lowest BCUT2D eigenvalue weighted by molar-refractivity contribution is 0.0529. The van der Waals surface area contributed by atoms with Crippen LogP contribution in [0.3, 0.4) is 0 Å². The number of morpholine rings is 1. The number of rotatable bonds is 8. The summed E-state index contributed by atoms with van der Waals surface area (Å²) in [5.74, 6) is 0.0805. The van der Waals surface area contributed by atoms with Gasteiger partial charge in [-0.05, 0) is 30.7 Å². The minimum Gasteiger partial charge on any atom is -0.464 e. The van der Waals surface area contributed by atoms with Gasteiger partial charge in [-0.15, -0.1) is 0 Å². The van der Waals surface area contributed by atoms with Crippen LogP contribution in [0, 0.1) is 0 Å². The van der Waals surface area contributed by atoms with Crippen LogP contribution in [0.25, 0.3) is 0 Å². The summed E-state index contributed by atoms with van der Waals surface area (Å²) in [6, 6.07) is 7.64. The van der Waals surface area contributed by atoms with Gasteiger partial charge in [0.2, 0.25) is 0 Å². The van der Waals surface area contributed by atoms with Crippen molar-refractivity contribution in [1.29, 1.82) is 0 Å². The summed E-state index contributed by atoms with van der Waals surface area (Å²) >= 11 is 0.564. The van der Waals surface area contributed by atoms with Crippen molar-refractivity contribution >= 4 is 17.6 Å². The van der Waals surface area contributed by atoms with Gasteiger partial charge in [0.1, 0.15) is 17.3 Å². The third-order valence-electron chi connectivity index (χ3n) is 4.07. The van der Waals surface area contributed by atoms with Crippen molar-refractivity contribution in [2.75, 3.05) is 24.6 Å². The summed E-state index contributed by atoms with van der Waals surface area (Å²) in [5.41, 5.74) is 1.08. The third-order valence-corrected chi connectivity index (χ3v) is 4.77. The van der Waals surface area contributed by atoms with Crippen molar-refractivity contribution in [3.8, 4) is 0 Å². The van der Waals surface area contributed by atoms with Gasteiger partial charge in [0.05, 0.1) is 25.0 Å². The molecule has 1 aliphatic heterocycles. The lowest BCUT2D eigenvalue weighted by Crippen LogP contribution is -2.41. The maximum atomic E-state index is 12.2. The minimum atomic E-state index is -2.38. The molecule has 0 spiro atoms. The van der Waals surface area contributed by atoms with E-state index < -0.39 is 5.76 Å². The number of halogens is 2. The van der Waals surface area contributed by atoms with E-state index in [2.05, 4.69) is 28.2 Å². The highest BCUT2D eigenvalue weighted by molar-refractivity contribution is 7.98. The molecule has 3 heterocycles. The molecule has 1 aliphatic rings. The van der Waals surface area contributed by atoms with Crippen LogP contribution in [0.4, 0.5) is 14.6 Å². The molecule has 0 radical (unpaired) electrons. The summed E-state index contributed by atoms with van der Waals surface area (Å²) < 4.78 is 35.4. The van der Waals surface area contributed by atoms with Gasteiger partial charge in [-0.25, -0.2) is 4.98 Å². The first-order chi connectivity index (χ1) is 12.6. The van der Waals surface area contributed by atoms with E-state index in [1.807, 2.05) is 18.3 Å². The van der Waals surface area contributed by atoms with Gasteiger partial charge in [-0.1, -0.05) is 17.8 Å². The second-order valence-corrected chi connectivity index (χ2v) is 7.17. The van der Waals surface area contributed by atoms with Crippen molar-refractivity contribution < 1.29 is 17.9 Å². The van der Waals surface area contributed by atoms with Crippen molar-refractivity contribution in [2.45, 2.75) is 37.6 Å². The Bertz CT molecular complexity index is 681. The van der Waals surface area contributed by atoms with Crippen molar-refractivity contribution in [1.82, 2.24) is 10.3 Å². The largest absolute Gasteiger partial charge is 0.464 e. The fraction of sp³-hybridized carbons (Fsp3) is 0.500. The number of aromatic nitrogens is 1. The van der Waals surface area contributed by atoms with Gasteiger partial charge in [-0.2, -0.15) is 8.78 Å². The number of hydrogen-bond acceptors (Lipinski definition) is 6. The molecule has 1 saturated heterocycles. The Hall–Kier alpha value is -1.64. The summed E-state index contributed by atoms with van der Waals surface area (Å²) in [6.45, 7) is 5.72. The Morgan fingerprint density at radius 3 is 2.85 bits per heavy atom. The smallest absolute Gasteiger partial charge is 0.284 e. The number of furan rings is 1. The SMILES string of the molecule is CC1CN(c2ccc(CNCc3ccc(CSC(F)F)o3)cn2)CCO1. The maximum absolute atomic E-state index is 12.2. The first-order valence-corrected chi connectivity index (χ1v) is 9.64. The monoisotopic (exact) mass is 383 g/mol. The zero-order valence-electron chi connectivity index (χ0n) is 14.7. The van der Waals surface area contributed by atoms with E-state index in [1.54, 1.807) is 6.07 Å². The molecule has 2 aromatic heterocycles. The second-order valence-electron chi connectivity index (χ2n) is 6.20. The number of nitrogens with one attached hydrogen (secondary N) is 1. The summed E-state index contributed by atoms with van der Waals surface area (Å²) in [7, 11) is 0. The molecular weight excluding hydrogens is 360 g/mol. The van der Waals surface area contributed by atoms with Crippen LogP contribution >= 0.6 is 11.8 Å². The Morgan fingerprint density at radius 1 is 1.27 bits per heavy atom. The molecule has 0 aliphatic carbocycles. The summed E-state index contributed by atoms with van der Waals surface area (Å²) in [4.78, 5) is 6.77. The molecule has 142 valence electrons. The fourth-order valence-electron chi connectivity index (χ4n) is 2.80. The second kappa shape index (κ2) is 9.34. The Morgan fingerprint density at radius 2 is 2.12 bits per heavy atom. The first-order valence-electron chi connectivity index (χ1n) is 8.59. The zero-order valence-corrected chi connectivity index (χ0v) is 15.5. The molecule has 1 atom stereocenters. The molecule has 0 amide bonds. The van der Waals surface area contributed by atoms with E-state index in [9.17, 15) is 8.78 Å². The van der Waals surface area contributed by atoms with E-state index >= 15 is 0 Å². The van der Waals surface area contributed by atoms with Crippen LogP contribution < -0.4 is 10.2 Å². The van der Waals surface area contributed by atoms with Crippen LogP contribution in [0.2, 0.25) is 0 Å². The number of alkyl halides is 2. The normalized spacial score (nSPS) is 17.8. The molecule has 0 bridgehead atoms. The Labute approximate surface area is 156 Å². The zero-order chi connectivity index (χ0) is 18.4. The highest BCUT2D eigenvalue weighted by Gasteiger charge is 2.17. The molecular formula is C18H23F2N3O2S. The summed E-state index contributed by atoms with van der Waals surface area (Å²) in [5, 5.41) is 3.28. The number of pyridine rings is 1. The molecule has 3 rings (SSSR count). The van der Waals surface area contributed by atoms with Gasteiger partial charge in [0, 0.05) is 25.8 Å². The minimum absolute atomic E-state index is 0.184. The molecule has 8 heteroatoms. The molecule has 5 nitrogen and oxygen atoms in total. The number of nitrogens with zero attached hydrogens (tertiary/aromatic N) is 2. The van der Waals surface area contributed by atoms with E-state index in [0.717, 1.165) is 36.8 Å². The lowest BCUT2D eigenvalue weighted by atomic mass is 10.2. The van der Waals surface area contributed by atoms with Crippen LogP contribution in [-0.4, -0.2) is 36.5 Å². The van der Waals surface area contributed by atoms with Crippen molar-refractivity contribution in [3.63, 3.8) is 0 Å². The van der Waals surface area contributed by atoms with E-state index in [1.165, 1.54) is 0 Å². The molecule has 0 aromatic carbocycles. The topological polar surface area (TPSA) is 50.5 Å². The molecule has 0 saturated carbocycles. The molecule has 1 fully saturated rings. The predicted molar refractivity (Wildman–Crippen MR) is 98.4 cm³/mol. The average molecular weight is 383 g/mol. The van der Waals surface area contributed by atoms with Gasteiger partial charge < -0.3 is 19.4 Å². The quantitative estimate of drug-likeness (QED) is 0.751. The molecule has 26 heavy (non-hydrogen) atoms.